The number of carbonyl (C=O) groups excluding carboxylic acids is 2. The monoisotopic (exact) mass is 354 g/mol. The van der Waals surface area contributed by atoms with Crippen molar-refractivity contribution in [3.8, 4) is 0 Å². The maximum Gasteiger partial charge on any atom is 0.260 e. The molecule has 0 spiro atoms. The number of para-hydroxylation sites is 1. The number of benzene rings is 3. The Hall–Kier alpha value is -3.53. The first-order valence-electron chi connectivity index (χ1n) is 8.85. The van der Waals surface area contributed by atoms with Crippen molar-refractivity contribution in [2.75, 3.05) is 4.90 Å². The molecule has 0 bridgehead atoms. The van der Waals surface area contributed by atoms with Crippen LogP contribution in [0.2, 0.25) is 0 Å². The van der Waals surface area contributed by atoms with Gasteiger partial charge in [0.05, 0.1) is 5.69 Å². The van der Waals surface area contributed by atoms with Crippen molar-refractivity contribution in [2.45, 2.75) is 6.42 Å². The van der Waals surface area contributed by atoms with Crippen LogP contribution >= 0.6 is 0 Å². The second-order valence-corrected chi connectivity index (χ2v) is 6.39. The first kappa shape index (κ1) is 16.9. The Morgan fingerprint density at radius 2 is 1.30 bits per heavy atom. The fraction of sp³-hybridized carbons (Fsp3) is 0.0870. The minimum atomic E-state index is -0.819. The van der Waals surface area contributed by atoms with Crippen LogP contribution in [0.1, 0.15) is 11.1 Å². The number of amides is 2. The summed E-state index contributed by atoms with van der Waals surface area (Å²) in [6.07, 6.45) is 0.341. The van der Waals surface area contributed by atoms with Gasteiger partial charge < -0.3 is 0 Å². The van der Waals surface area contributed by atoms with Crippen molar-refractivity contribution in [1.29, 1.82) is 0 Å². The number of hydrogen-bond donors (Lipinski definition) is 0. The molecule has 1 aliphatic rings. The summed E-state index contributed by atoms with van der Waals surface area (Å²) >= 11 is 0. The molecule has 0 fully saturated rings. The quantitative estimate of drug-likeness (QED) is 0.668. The third kappa shape index (κ3) is 3.42. The van der Waals surface area contributed by atoms with Crippen LogP contribution in [0.25, 0.3) is 0 Å². The number of hydrogen-bond acceptors (Lipinski definition) is 2. The van der Waals surface area contributed by atoms with E-state index in [1.807, 2.05) is 91.0 Å². The highest BCUT2D eigenvalue weighted by Crippen LogP contribution is 2.26. The first-order chi connectivity index (χ1) is 13.2. The van der Waals surface area contributed by atoms with E-state index in [-0.39, 0.29) is 5.91 Å². The molecule has 3 aromatic carbocycles. The Morgan fingerprint density at radius 3 is 1.93 bits per heavy atom. The number of anilines is 1. The average Bonchev–Trinajstić information content (AvgIpc) is 2.73. The summed E-state index contributed by atoms with van der Waals surface area (Å²) in [5, 5.41) is 0. The van der Waals surface area contributed by atoms with E-state index in [0.717, 1.165) is 11.1 Å². The number of carbonyl (C=O) groups is 2. The Labute approximate surface area is 157 Å². The molecule has 4 rings (SSSR count). The average molecular weight is 354 g/mol. The normalized spacial score (nSPS) is 17.0. The van der Waals surface area contributed by atoms with Gasteiger partial charge in [-0.25, -0.2) is 0 Å². The van der Waals surface area contributed by atoms with Crippen LogP contribution in [0.5, 0.6) is 0 Å². The summed E-state index contributed by atoms with van der Waals surface area (Å²) in [5.41, 5.74) is 2.38. The lowest BCUT2D eigenvalue weighted by atomic mass is 9.94. The maximum absolute atomic E-state index is 13.3. The van der Waals surface area contributed by atoms with Gasteiger partial charge in [0, 0.05) is 5.56 Å². The highest BCUT2D eigenvalue weighted by molar-refractivity contribution is 6.32. The van der Waals surface area contributed by atoms with E-state index in [4.69, 9.17) is 0 Å². The van der Waals surface area contributed by atoms with E-state index in [1.165, 1.54) is 0 Å². The van der Waals surface area contributed by atoms with E-state index in [2.05, 4.69) is 4.99 Å². The van der Waals surface area contributed by atoms with Crippen LogP contribution in [0.3, 0.4) is 0 Å². The van der Waals surface area contributed by atoms with Crippen LogP contribution in [-0.4, -0.2) is 17.6 Å². The molecule has 4 heteroatoms. The Balaban J connectivity index is 1.78. The largest absolute Gasteiger partial charge is 0.273 e. The molecule has 1 unspecified atom stereocenters. The predicted octanol–water partition coefficient (Wildman–Crippen LogP) is 3.87. The smallest absolute Gasteiger partial charge is 0.260 e. The summed E-state index contributed by atoms with van der Waals surface area (Å²) in [4.78, 5) is 32.0. The van der Waals surface area contributed by atoms with Crippen LogP contribution in [0.15, 0.2) is 96.0 Å². The van der Waals surface area contributed by atoms with Crippen LogP contribution in [0.4, 0.5) is 5.69 Å². The van der Waals surface area contributed by atoms with E-state index in [9.17, 15) is 9.59 Å². The first-order valence-corrected chi connectivity index (χ1v) is 8.85. The Kier molecular flexibility index (Phi) is 4.62. The fourth-order valence-electron chi connectivity index (χ4n) is 3.23. The van der Waals surface area contributed by atoms with Gasteiger partial charge >= 0.3 is 0 Å². The molecule has 0 saturated heterocycles. The number of aliphatic imine (C=N–C) groups is 1. The molecule has 0 radical (unpaired) electrons. The minimum Gasteiger partial charge on any atom is -0.273 e. The molecule has 1 heterocycles. The molecule has 4 nitrogen and oxygen atoms in total. The summed E-state index contributed by atoms with van der Waals surface area (Å²) in [6, 6.07) is 28.2. The van der Waals surface area contributed by atoms with E-state index in [1.54, 1.807) is 4.90 Å². The Bertz CT molecular complexity index is 983. The topological polar surface area (TPSA) is 49.7 Å². The third-order valence-corrected chi connectivity index (χ3v) is 4.57. The number of nitrogens with zero attached hydrogens (tertiary/aromatic N) is 2. The molecular weight excluding hydrogens is 336 g/mol. The van der Waals surface area contributed by atoms with Crippen molar-refractivity contribution in [1.82, 2.24) is 0 Å². The minimum absolute atomic E-state index is 0.246. The van der Waals surface area contributed by atoms with Crippen molar-refractivity contribution in [2.24, 2.45) is 10.9 Å². The lowest BCUT2D eigenvalue weighted by molar-refractivity contribution is -0.131. The molecule has 0 aliphatic carbocycles. The predicted molar refractivity (Wildman–Crippen MR) is 106 cm³/mol. The van der Waals surface area contributed by atoms with E-state index >= 15 is 0 Å². The maximum atomic E-state index is 13.3. The molecule has 0 aromatic heterocycles. The molecule has 1 aliphatic heterocycles. The molecule has 0 saturated carbocycles. The van der Waals surface area contributed by atoms with Gasteiger partial charge in [-0.05, 0) is 24.1 Å². The SMILES string of the molecule is O=C1N=C(c2ccccc2)N(c2ccccc2)C(=O)C1Cc1ccccc1. The van der Waals surface area contributed by atoms with Crippen LogP contribution in [-0.2, 0) is 16.0 Å². The summed E-state index contributed by atoms with van der Waals surface area (Å²) < 4.78 is 0. The van der Waals surface area contributed by atoms with Crippen LogP contribution < -0.4 is 4.90 Å². The van der Waals surface area contributed by atoms with Gasteiger partial charge in [-0.15, -0.1) is 0 Å². The lowest BCUT2D eigenvalue weighted by Crippen LogP contribution is -2.48. The van der Waals surface area contributed by atoms with Gasteiger partial charge in [0.1, 0.15) is 5.92 Å². The van der Waals surface area contributed by atoms with E-state index in [0.29, 0.717) is 17.9 Å². The van der Waals surface area contributed by atoms with Gasteiger partial charge in [-0.3, -0.25) is 14.5 Å². The zero-order valence-corrected chi connectivity index (χ0v) is 14.7. The van der Waals surface area contributed by atoms with Gasteiger partial charge in [-0.2, -0.15) is 4.99 Å². The highest BCUT2D eigenvalue weighted by Gasteiger charge is 2.39. The van der Waals surface area contributed by atoms with Crippen molar-refractivity contribution < 1.29 is 9.59 Å². The molecule has 132 valence electrons. The summed E-state index contributed by atoms with van der Waals surface area (Å²) in [7, 11) is 0. The summed E-state index contributed by atoms with van der Waals surface area (Å²) in [6.45, 7) is 0. The zero-order valence-electron chi connectivity index (χ0n) is 14.7. The lowest BCUT2D eigenvalue weighted by Gasteiger charge is -2.31. The molecule has 0 N–H and O–H groups in total. The number of amidine groups is 1. The molecule has 1 atom stereocenters. The summed E-state index contributed by atoms with van der Waals surface area (Å²) in [5.74, 6) is -1.08. The Morgan fingerprint density at radius 1 is 0.741 bits per heavy atom. The third-order valence-electron chi connectivity index (χ3n) is 4.57. The second kappa shape index (κ2) is 7.38. The van der Waals surface area contributed by atoms with Gasteiger partial charge in [-0.1, -0.05) is 78.9 Å². The van der Waals surface area contributed by atoms with Gasteiger partial charge in [0.15, 0.2) is 5.84 Å². The molecule has 2 amide bonds. The highest BCUT2D eigenvalue weighted by atomic mass is 16.2. The molecule has 27 heavy (non-hydrogen) atoms. The van der Waals surface area contributed by atoms with Gasteiger partial charge in [0.2, 0.25) is 5.91 Å². The van der Waals surface area contributed by atoms with E-state index < -0.39 is 11.8 Å². The van der Waals surface area contributed by atoms with Crippen molar-refractivity contribution in [3.63, 3.8) is 0 Å². The second-order valence-electron chi connectivity index (χ2n) is 6.39. The fourth-order valence-corrected chi connectivity index (χ4v) is 3.23. The van der Waals surface area contributed by atoms with Crippen LogP contribution in [0, 0.1) is 5.92 Å². The zero-order chi connectivity index (χ0) is 18.6. The van der Waals surface area contributed by atoms with Crippen molar-refractivity contribution >= 4 is 23.3 Å². The van der Waals surface area contributed by atoms with Gasteiger partial charge in [0.25, 0.3) is 5.91 Å². The molecule has 3 aromatic rings. The van der Waals surface area contributed by atoms with Crippen molar-refractivity contribution in [3.05, 3.63) is 102 Å². The molecular formula is C23H18N2O2. The number of rotatable bonds is 4. The standard InChI is InChI=1S/C23H18N2O2/c26-22-20(16-17-10-4-1-5-11-17)23(27)25(19-14-8-3-9-15-19)21(24-22)18-12-6-2-7-13-18/h1-15,20H,16H2.